The van der Waals surface area contributed by atoms with Crippen LogP contribution in [0.4, 0.5) is 10.3 Å². The molecule has 1 amide bonds. The average Bonchev–Trinajstić information content (AvgIpc) is 3.20. The number of fused-ring (bicyclic) bond motifs is 3. The van der Waals surface area contributed by atoms with Gasteiger partial charge in [0.15, 0.2) is 5.92 Å². The lowest BCUT2D eigenvalue weighted by atomic mass is 9.89. The highest BCUT2D eigenvalue weighted by Crippen LogP contribution is 2.41. The molecule has 0 spiro atoms. The SMILES string of the molecule is CCOC(=O)[C@@H]1C(=O)N(Cc2ccccc2)c2nc3ccccc3n2[C@@H]1c1cccc(F)c1. The fraction of sp³-hybridized carbons (Fsp3) is 0.192. The average molecular weight is 443 g/mol. The van der Waals surface area contributed by atoms with Crippen LogP contribution in [0.25, 0.3) is 11.0 Å². The Balaban J connectivity index is 1.76. The fourth-order valence-electron chi connectivity index (χ4n) is 4.46. The normalized spacial score (nSPS) is 17.8. The molecule has 33 heavy (non-hydrogen) atoms. The standard InChI is InChI=1S/C26H22FN3O3/c1-2-33-25(32)22-23(18-11-8-12-19(27)15-18)30-21-14-7-6-13-20(21)28-26(30)29(24(22)31)16-17-9-4-3-5-10-17/h3-15,22-23H,2,16H2,1H3/t22-,23+/m0/s1. The number of para-hydroxylation sites is 2. The predicted molar refractivity (Wildman–Crippen MR) is 122 cm³/mol. The first-order valence-corrected chi connectivity index (χ1v) is 10.8. The molecule has 0 aliphatic carbocycles. The number of benzene rings is 3. The number of hydrogen-bond acceptors (Lipinski definition) is 4. The first-order chi connectivity index (χ1) is 16.1. The number of rotatable bonds is 5. The smallest absolute Gasteiger partial charge is 0.321 e. The zero-order valence-corrected chi connectivity index (χ0v) is 18.0. The van der Waals surface area contributed by atoms with Crippen LogP contribution in [-0.2, 0) is 20.9 Å². The van der Waals surface area contributed by atoms with E-state index in [4.69, 9.17) is 9.72 Å². The van der Waals surface area contributed by atoms with E-state index in [1.807, 2.05) is 59.2 Å². The van der Waals surface area contributed by atoms with Crippen LogP contribution < -0.4 is 4.90 Å². The van der Waals surface area contributed by atoms with Gasteiger partial charge in [-0.05, 0) is 42.3 Å². The Bertz CT molecular complexity index is 1340. The topological polar surface area (TPSA) is 64.4 Å². The maximum atomic E-state index is 14.2. The van der Waals surface area contributed by atoms with E-state index in [0.29, 0.717) is 17.0 Å². The van der Waals surface area contributed by atoms with E-state index >= 15 is 0 Å². The molecule has 166 valence electrons. The van der Waals surface area contributed by atoms with Crippen molar-refractivity contribution < 1.29 is 18.7 Å². The molecule has 0 unspecified atom stereocenters. The second-order valence-corrected chi connectivity index (χ2v) is 7.91. The third kappa shape index (κ3) is 3.65. The Hall–Kier alpha value is -4.00. The van der Waals surface area contributed by atoms with Crippen LogP contribution in [0.3, 0.4) is 0 Å². The number of aromatic nitrogens is 2. The van der Waals surface area contributed by atoms with Crippen molar-refractivity contribution >= 4 is 28.9 Å². The molecule has 0 saturated heterocycles. The number of carbonyl (C=O) groups excluding carboxylic acids is 2. The van der Waals surface area contributed by atoms with E-state index in [1.165, 1.54) is 17.0 Å². The third-order valence-corrected chi connectivity index (χ3v) is 5.86. The third-order valence-electron chi connectivity index (χ3n) is 5.86. The molecule has 0 fully saturated rings. The summed E-state index contributed by atoms with van der Waals surface area (Å²) in [6.45, 7) is 2.08. The molecule has 0 radical (unpaired) electrons. The van der Waals surface area contributed by atoms with E-state index in [0.717, 1.165) is 11.1 Å². The molecule has 0 saturated carbocycles. The summed E-state index contributed by atoms with van der Waals surface area (Å²) in [5.74, 6) is -2.27. The Morgan fingerprint density at radius 1 is 1.03 bits per heavy atom. The molecule has 1 aliphatic heterocycles. The molecule has 0 N–H and O–H groups in total. The van der Waals surface area contributed by atoms with Gasteiger partial charge in [0.1, 0.15) is 5.82 Å². The van der Waals surface area contributed by atoms with E-state index in [9.17, 15) is 14.0 Å². The number of hydrogen-bond donors (Lipinski definition) is 0. The van der Waals surface area contributed by atoms with Crippen LogP contribution in [0.5, 0.6) is 0 Å². The Kier molecular flexibility index (Phi) is 5.38. The fourth-order valence-corrected chi connectivity index (χ4v) is 4.46. The van der Waals surface area contributed by atoms with Crippen LogP contribution in [0.2, 0.25) is 0 Å². The van der Waals surface area contributed by atoms with Gasteiger partial charge in [0.2, 0.25) is 11.9 Å². The van der Waals surface area contributed by atoms with Gasteiger partial charge in [-0.3, -0.25) is 14.5 Å². The summed E-state index contributed by atoms with van der Waals surface area (Å²) in [7, 11) is 0. The number of halogens is 1. The molecule has 1 aromatic heterocycles. The van der Waals surface area contributed by atoms with Gasteiger partial charge >= 0.3 is 5.97 Å². The summed E-state index contributed by atoms with van der Waals surface area (Å²) in [6.07, 6.45) is 0. The van der Waals surface area contributed by atoms with Crippen molar-refractivity contribution in [2.45, 2.75) is 19.5 Å². The second-order valence-electron chi connectivity index (χ2n) is 7.91. The molecule has 6 nitrogen and oxygen atoms in total. The first kappa shape index (κ1) is 20.9. The minimum Gasteiger partial charge on any atom is -0.465 e. The van der Waals surface area contributed by atoms with Gasteiger partial charge in [-0.1, -0.05) is 54.6 Å². The van der Waals surface area contributed by atoms with Gasteiger partial charge in [-0.25, -0.2) is 9.37 Å². The van der Waals surface area contributed by atoms with Crippen molar-refractivity contribution in [2.24, 2.45) is 5.92 Å². The summed E-state index contributed by atoms with van der Waals surface area (Å²) < 4.78 is 21.4. The minimum atomic E-state index is -1.18. The van der Waals surface area contributed by atoms with Crippen molar-refractivity contribution in [1.29, 1.82) is 0 Å². The molecule has 2 heterocycles. The Morgan fingerprint density at radius 3 is 2.55 bits per heavy atom. The summed E-state index contributed by atoms with van der Waals surface area (Å²) in [6, 6.07) is 22.2. The highest BCUT2D eigenvalue weighted by molar-refractivity contribution is 6.08. The second kappa shape index (κ2) is 8.50. The van der Waals surface area contributed by atoms with Crippen LogP contribution >= 0.6 is 0 Å². The van der Waals surface area contributed by atoms with Crippen molar-refractivity contribution in [3.63, 3.8) is 0 Å². The number of imidazole rings is 1. The summed E-state index contributed by atoms with van der Waals surface area (Å²) in [5.41, 5.74) is 2.84. The number of esters is 1. The van der Waals surface area contributed by atoms with Crippen molar-refractivity contribution in [3.8, 4) is 0 Å². The molecule has 1 aliphatic rings. The lowest BCUT2D eigenvalue weighted by Gasteiger charge is -2.38. The number of anilines is 1. The largest absolute Gasteiger partial charge is 0.465 e. The van der Waals surface area contributed by atoms with E-state index in [2.05, 4.69) is 0 Å². The van der Waals surface area contributed by atoms with E-state index < -0.39 is 29.7 Å². The Morgan fingerprint density at radius 2 is 1.79 bits per heavy atom. The van der Waals surface area contributed by atoms with Gasteiger partial charge in [0, 0.05) is 0 Å². The van der Waals surface area contributed by atoms with Crippen LogP contribution in [0.15, 0.2) is 78.9 Å². The van der Waals surface area contributed by atoms with E-state index in [-0.39, 0.29) is 13.2 Å². The lowest BCUT2D eigenvalue weighted by Crippen LogP contribution is -2.49. The summed E-state index contributed by atoms with van der Waals surface area (Å²) >= 11 is 0. The highest BCUT2D eigenvalue weighted by atomic mass is 19.1. The van der Waals surface area contributed by atoms with Crippen molar-refractivity contribution in [1.82, 2.24) is 9.55 Å². The lowest BCUT2D eigenvalue weighted by molar-refractivity contribution is -0.153. The van der Waals surface area contributed by atoms with Crippen LogP contribution in [-0.4, -0.2) is 28.0 Å². The first-order valence-electron chi connectivity index (χ1n) is 10.8. The molecule has 5 rings (SSSR count). The number of ether oxygens (including phenoxy) is 1. The zero-order valence-electron chi connectivity index (χ0n) is 18.0. The van der Waals surface area contributed by atoms with Gasteiger partial charge in [0.05, 0.1) is 30.2 Å². The van der Waals surface area contributed by atoms with Crippen molar-refractivity contribution in [3.05, 3.63) is 95.8 Å². The maximum Gasteiger partial charge on any atom is 0.321 e. The highest BCUT2D eigenvalue weighted by Gasteiger charge is 2.47. The number of carbonyl (C=O) groups is 2. The number of nitrogens with zero attached hydrogens (tertiary/aromatic N) is 3. The minimum absolute atomic E-state index is 0.134. The quantitative estimate of drug-likeness (QED) is 0.337. The molecule has 3 aromatic carbocycles. The zero-order chi connectivity index (χ0) is 22.9. The van der Waals surface area contributed by atoms with Crippen LogP contribution in [0, 0.1) is 11.7 Å². The summed E-state index contributed by atoms with van der Waals surface area (Å²) in [5, 5.41) is 0. The molecule has 2 atom stereocenters. The predicted octanol–water partition coefficient (Wildman–Crippen LogP) is 4.49. The van der Waals surface area contributed by atoms with Crippen LogP contribution in [0.1, 0.15) is 24.1 Å². The monoisotopic (exact) mass is 443 g/mol. The van der Waals surface area contributed by atoms with Gasteiger partial charge in [0.25, 0.3) is 0 Å². The van der Waals surface area contributed by atoms with Gasteiger partial charge in [-0.15, -0.1) is 0 Å². The van der Waals surface area contributed by atoms with Crippen molar-refractivity contribution in [2.75, 3.05) is 11.5 Å². The van der Waals surface area contributed by atoms with Gasteiger partial charge < -0.3 is 9.30 Å². The maximum absolute atomic E-state index is 14.2. The van der Waals surface area contributed by atoms with E-state index in [1.54, 1.807) is 19.1 Å². The van der Waals surface area contributed by atoms with Gasteiger partial charge in [-0.2, -0.15) is 0 Å². The molecular weight excluding hydrogens is 421 g/mol. The summed E-state index contributed by atoms with van der Waals surface area (Å²) in [4.78, 5) is 33.2. The molecule has 0 bridgehead atoms. The molecule has 4 aromatic rings. The Labute approximate surface area is 190 Å². The molecule has 7 heteroatoms. The molecular formula is C26H22FN3O3. The number of amides is 1.